The number of carbonyl (C=O) groups is 1. The molecule has 1 saturated heterocycles. The third-order valence-corrected chi connectivity index (χ3v) is 4.89. The van der Waals surface area contributed by atoms with Crippen molar-refractivity contribution in [3.8, 4) is 0 Å². The quantitative estimate of drug-likeness (QED) is 0.863. The minimum Gasteiger partial charge on any atom is -0.355 e. The standard InChI is InChI=1S/C13H18N2O3S/c1-9-3-5-12(7-10(9)2)19(17,18)15-11-4-6-13(16)14-8-11/h3,5,7,11,15H,4,6,8H2,1-2H3,(H,14,16). The summed E-state index contributed by atoms with van der Waals surface area (Å²) in [5.41, 5.74) is 2.00. The van der Waals surface area contributed by atoms with E-state index < -0.39 is 10.0 Å². The van der Waals surface area contributed by atoms with Crippen LogP contribution in [-0.2, 0) is 14.8 Å². The van der Waals surface area contributed by atoms with Crippen molar-refractivity contribution in [2.24, 2.45) is 0 Å². The number of carbonyl (C=O) groups excluding carboxylic acids is 1. The Labute approximate surface area is 113 Å². The summed E-state index contributed by atoms with van der Waals surface area (Å²) in [6.07, 6.45) is 0.899. The van der Waals surface area contributed by atoms with E-state index in [0.717, 1.165) is 11.1 Å². The molecule has 0 aliphatic carbocycles. The highest BCUT2D eigenvalue weighted by Gasteiger charge is 2.24. The predicted molar refractivity (Wildman–Crippen MR) is 72.3 cm³/mol. The average Bonchev–Trinajstić information content (AvgIpc) is 2.35. The van der Waals surface area contributed by atoms with Crippen molar-refractivity contribution >= 4 is 15.9 Å². The molecule has 2 N–H and O–H groups in total. The van der Waals surface area contributed by atoms with Crippen LogP contribution in [0.15, 0.2) is 23.1 Å². The number of rotatable bonds is 3. The van der Waals surface area contributed by atoms with Gasteiger partial charge in [0.25, 0.3) is 0 Å². The van der Waals surface area contributed by atoms with Crippen molar-refractivity contribution in [1.82, 2.24) is 10.0 Å². The summed E-state index contributed by atoms with van der Waals surface area (Å²) in [5, 5.41) is 2.66. The van der Waals surface area contributed by atoms with E-state index in [1.807, 2.05) is 13.8 Å². The highest BCUT2D eigenvalue weighted by molar-refractivity contribution is 7.89. The molecule has 1 fully saturated rings. The average molecular weight is 282 g/mol. The Morgan fingerprint density at radius 2 is 2.00 bits per heavy atom. The van der Waals surface area contributed by atoms with Crippen LogP contribution in [0.4, 0.5) is 0 Å². The molecule has 1 aliphatic heterocycles. The Bertz CT molecular complexity index is 586. The van der Waals surface area contributed by atoms with Gasteiger partial charge in [-0.3, -0.25) is 4.79 Å². The van der Waals surface area contributed by atoms with Crippen LogP contribution in [0.3, 0.4) is 0 Å². The van der Waals surface area contributed by atoms with E-state index in [0.29, 0.717) is 19.4 Å². The van der Waals surface area contributed by atoms with Gasteiger partial charge in [0.2, 0.25) is 15.9 Å². The number of amides is 1. The molecule has 19 heavy (non-hydrogen) atoms. The second-order valence-corrected chi connectivity index (χ2v) is 6.62. The largest absolute Gasteiger partial charge is 0.355 e. The van der Waals surface area contributed by atoms with E-state index in [4.69, 9.17) is 0 Å². The number of hydrogen-bond acceptors (Lipinski definition) is 3. The first-order valence-electron chi connectivity index (χ1n) is 6.25. The molecule has 0 bridgehead atoms. The SMILES string of the molecule is Cc1ccc(S(=O)(=O)NC2CCC(=O)NC2)cc1C. The summed E-state index contributed by atoms with van der Waals surface area (Å²) in [7, 11) is -3.52. The lowest BCUT2D eigenvalue weighted by Crippen LogP contribution is -2.47. The second-order valence-electron chi connectivity index (χ2n) is 4.91. The van der Waals surface area contributed by atoms with E-state index in [1.165, 1.54) is 0 Å². The summed E-state index contributed by atoms with van der Waals surface area (Å²) >= 11 is 0. The van der Waals surface area contributed by atoms with Crippen molar-refractivity contribution < 1.29 is 13.2 Å². The van der Waals surface area contributed by atoms with Gasteiger partial charge in [0.05, 0.1) is 4.90 Å². The van der Waals surface area contributed by atoms with E-state index in [2.05, 4.69) is 10.0 Å². The van der Waals surface area contributed by atoms with Crippen molar-refractivity contribution in [1.29, 1.82) is 0 Å². The first kappa shape index (κ1) is 14.0. The molecule has 1 aromatic carbocycles. The second kappa shape index (κ2) is 5.30. The Balaban J connectivity index is 2.13. The Kier molecular flexibility index (Phi) is 3.91. The number of benzene rings is 1. The molecule has 1 heterocycles. The van der Waals surface area contributed by atoms with Gasteiger partial charge in [-0.2, -0.15) is 0 Å². The molecule has 1 aliphatic rings. The predicted octanol–water partition coefficient (Wildman–Crippen LogP) is 0.860. The number of piperidine rings is 1. The van der Waals surface area contributed by atoms with Crippen LogP contribution in [0.25, 0.3) is 0 Å². The van der Waals surface area contributed by atoms with Gasteiger partial charge in [0.15, 0.2) is 0 Å². The molecular formula is C13H18N2O3S. The van der Waals surface area contributed by atoms with Crippen molar-refractivity contribution in [3.63, 3.8) is 0 Å². The molecule has 5 nitrogen and oxygen atoms in total. The maximum absolute atomic E-state index is 12.2. The summed E-state index contributed by atoms with van der Waals surface area (Å²) in [6, 6.07) is 4.84. The van der Waals surface area contributed by atoms with E-state index >= 15 is 0 Å². The monoisotopic (exact) mass is 282 g/mol. The molecule has 1 amide bonds. The van der Waals surface area contributed by atoms with Crippen molar-refractivity contribution in [2.45, 2.75) is 37.6 Å². The van der Waals surface area contributed by atoms with Gasteiger partial charge < -0.3 is 5.32 Å². The zero-order chi connectivity index (χ0) is 14.0. The van der Waals surface area contributed by atoms with Crippen LogP contribution in [0.5, 0.6) is 0 Å². The van der Waals surface area contributed by atoms with Gasteiger partial charge in [-0.05, 0) is 43.5 Å². The van der Waals surface area contributed by atoms with Crippen LogP contribution in [0.1, 0.15) is 24.0 Å². The molecular weight excluding hydrogens is 264 g/mol. The lowest BCUT2D eigenvalue weighted by Gasteiger charge is -2.23. The highest BCUT2D eigenvalue weighted by Crippen LogP contribution is 2.16. The Morgan fingerprint density at radius 3 is 2.58 bits per heavy atom. The van der Waals surface area contributed by atoms with Gasteiger partial charge in [-0.25, -0.2) is 13.1 Å². The number of aryl methyl sites for hydroxylation is 2. The van der Waals surface area contributed by atoms with E-state index in [-0.39, 0.29) is 16.8 Å². The summed E-state index contributed by atoms with van der Waals surface area (Å²) in [5.74, 6) is -0.0263. The molecule has 0 radical (unpaired) electrons. The first-order valence-corrected chi connectivity index (χ1v) is 7.73. The van der Waals surface area contributed by atoms with Gasteiger partial charge in [0.1, 0.15) is 0 Å². The maximum Gasteiger partial charge on any atom is 0.240 e. The zero-order valence-electron chi connectivity index (χ0n) is 11.1. The van der Waals surface area contributed by atoms with Gasteiger partial charge in [-0.1, -0.05) is 6.07 Å². The molecule has 1 aromatic rings. The molecule has 2 rings (SSSR count). The topological polar surface area (TPSA) is 75.3 Å². The smallest absolute Gasteiger partial charge is 0.240 e. The fraction of sp³-hybridized carbons (Fsp3) is 0.462. The summed E-state index contributed by atoms with van der Waals surface area (Å²) in [4.78, 5) is 11.3. The molecule has 6 heteroatoms. The lowest BCUT2D eigenvalue weighted by atomic mass is 10.1. The Hall–Kier alpha value is -1.40. The van der Waals surface area contributed by atoms with Crippen molar-refractivity contribution in [3.05, 3.63) is 29.3 Å². The Morgan fingerprint density at radius 1 is 1.26 bits per heavy atom. The van der Waals surface area contributed by atoms with Gasteiger partial charge in [0, 0.05) is 19.0 Å². The number of hydrogen-bond donors (Lipinski definition) is 2. The highest BCUT2D eigenvalue weighted by atomic mass is 32.2. The fourth-order valence-electron chi connectivity index (χ4n) is 2.00. The van der Waals surface area contributed by atoms with Crippen LogP contribution in [-0.4, -0.2) is 26.9 Å². The number of sulfonamides is 1. The molecule has 1 unspecified atom stereocenters. The van der Waals surface area contributed by atoms with Crippen molar-refractivity contribution in [2.75, 3.05) is 6.54 Å². The van der Waals surface area contributed by atoms with E-state index in [1.54, 1.807) is 18.2 Å². The summed E-state index contributed by atoms with van der Waals surface area (Å²) in [6.45, 7) is 4.17. The molecule has 0 aromatic heterocycles. The first-order chi connectivity index (χ1) is 8.88. The van der Waals surface area contributed by atoms with Gasteiger partial charge >= 0.3 is 0 Å². The van der Waals surface area contributed by atoms with Crippen LogP contribution in [0, 0.1) is 13.8 Å². The van der Waals surface area contributed by atoms with Crippen LogP contribution >= 0.6 is 0 Å². The maximum atomic E-state index is 12.2. The lowest BCUT2D eigenvalue weighted by molar-refractivity contribution is -0.122. The molecule has 104 valence electrons. The van der Waals surface area contributed by atoms with Crippen LogP contribution in [0.2, 0.25) is 0 Å². The number of nitrogens with one attached hydrogen (secondary N) is 2. The molecule has 0 spiro atoms. The third-order valence-electron chi connectivity index (χ3n) is 3.38. The summed E-state index contributed by atoms with van der Waals surface area (Å²) < 4.78 is 27.1. The minimum absolute atomic E-state index is 0.0263. The van der Waals surface area contributed by atoms with Crippen LogP contribution < -0.4 is 10.0 Å². The zero-order valence-corrected chi connectivity index (χ0v) is 11.9. The van der Waals surface area contributed by atoms with E-state index in [9.17, 15) is 13.2 Å². The normalized spacial score (nSPS) is 20.1. The molecule has 1 atom stereocenters. The molecule has 0 saturated carbocycles. The minimum atomic E-state index is -3.52. The fourth-order valence-corrected chi connectivity index (χ4v) is 3.36. The third kappa shape index (κ3) is 3.33. The van der Waals surface area contributed by atoms with Gasteiger partial charge in [-0.15, -0.1) is 0 Å².